The standard InChI is InChI=1S/C35H30Cl2/c1-23-21-29-27(25-13-7-5-8-14-25)17-11-19-31(29)34(23,36)33(3,4)35(37)24(2)22-30-28(18-12-20-32(30)35)26-15-9-6-10-16-26/h5-22H,1-4H3. The minimum atomic E-state index is -0.783. The highest BCUT2D eigenvalue weighted by Crippen LogP contribution is 2.68. The summed E-state index contributed by atoms with van der Waals surface area (Å²) in [7, 11) is 0. The fourth-order valence-electron chi connectivity index (χ4n) is 6.73. The maximum Gasteiger partial charge on any atom is 0.0984 e. The van der Waals surface area contributed by atoms with Gasteiger partial charge >= 0.3 is 0 Å². The van der Waals surface area contributed by atoms with Gasteiger partial charge in [0.05, 0.1) is 9.75 Å². The van der Waals surface area contributed by atoms with Gasteiger partial charge in [-0.25, -0.2) is 0 Å². The zero-order valence-corrected chi connectivity index (χ0v) is 23.2. The number of benzene rings is 4. The topological polar surface area (TPSA) is 0 Å². The summed E-state index contributed by atoms with van der Waals surface area (Å²) in [5.41, 5.74) is 11.1. The molecule has 2 heteroatoms. The van der Waals surface area contributed by atoms with Crippen LogP contribution in [0.25, 0.3) is 34.4 Å². The van der Waals surface area contributed by atoms with Crippen molar-refractivity contribution in [2.45, 2.75) is 37.4 Å². The van der Waals surface area contributed by atoms with Crippen molar-refractivity contribution < 1.29 is 0 Å². The highest BCUT2D eigenvalue weighted by atomic mass is 35.5. The Hall–Kier alpha value is -3.06. The number of rotatable bonds is 4. The number of fused-ring (bicyclic) bond motifs is 2. The van der Waals surface area contributed by atoms with Crippen LogP contribution in [-0.4, -0.2) is 0 Å². The van der Waals surface area contributed by atoms with Gasteiger partial charge in [-0.05, 0) is 69.5 Å². The van der Waals surface area contributed by atoms with Crippen molar-refractivity contribution in [3.63, 3.8) is 0 Å². The molecule has 2 aliphatic rings. The summed E-state index contributed by atoms with van der Waals surface area (Å²) in [5.74, 6) is 0. The van der Waals surface area contributed by atoms with Crippen LogP contribution in [0.3, 0.4) is 0 Å². The molecule has 0 amide bonds. The lowest BCUT2D eigenvalue weighted by Crippen LogP contribution is -2.49. The summed E-state index contributed by atoms with van der Waals surface area (Å²) in [6.07, 6.45) is 4.53. The third-order valence-electron chi connectivity index (χ3n) is 8.66. The van der Waals surface area contributed by atoms with E-state index < -0.39 is 15.2 Å². The van der Waals surface area contributed by atoms with E-state index in [1.165, 1.54) is 33.4 Å². The molecule has 0 aliphatic heterocycles. The fourth-order valence-corrected chi connectivity index (χ4v) is 7.50. The maximum atomic E-state index is 7.88. The number of halogens is 2. The first-order chi connectivity index (χ1) is 17.7. The largest absolute Gasteiger partial charge is 0.108 e. The van der Waals surface area contributed by atoms with E-state index in [2.05, 4.69) is 137 Å². The summed E-state index contributed by atoms with van der Waals surface area (Å²) in [4.78, 5) is -1.57. The van der Waals surface area contributed by atoms with Crippen LogP contribution in [0.2, 0.25) is 0 Å². The van der Waals surface area contributed by atoms with Crippen molar-refractivity contribution in [2.75, 3.05) is 0 Å². The Labute approximate surface area is 230 Å². The van der Waals surface area contributed by atoms with Gasteiger partial charge in [0, 0.05) is 5.41 Å². The molecule has 6 rings (SSSR count). The quantitative estimate of drug-likeness (QED) is 0.234. The molecule has 0 nitrogen and oxygen atoms in total. The molecule has 2 unspecified atom stereocenters. The van der Waals surface area contributed by atoms with E-state index in [0.29, 0.717) is 0 Å². The van der Waals surface area contributed by atoms with Crippen molar-refractivity contribution >= 4 is 35.4 Å². The minimum absolute atomic E-state index is 0.564. The molecule has 0 N–H and O–H groups in total. The van der Waals surface area contributed by atoms with Crippen LogP contribution in [0.5, 0.6) is 0 Å². The normalized spacial score (nSPS) is 22.3. The second kappa shape index (κ2) is 8.48. The van der Waals surface area contributed by atoms with Crippen LogP contribution < -0.4 is 0 Å². The Kier molecular flexibility index (Phi) is 5.57. The van der Waals surface area contributed by atoms with Crippen LogP contribution in [0.4, 0.5) is 0 Å². The van der Waals surface area contributed by atoms with E-state index in [4.69, 9.17) is 23.2 Å². The predicted molar refractivity (Wildman–Crippen MR) is 160 cm³/mol. The molecule has 0 aromatic heterocycles. The van der Waals surface area contributed by atoms with Crippen LogP contribution in [0.1, 0.15) is 49.9 Å². The Morgan fingerprint density at radius 1 is 0.514 bits per heavy atom. The SMILES string of the molecule is CC1=Cc2c(-c3ccccc3)cccc2C1(Cl)C(C)(C)C1(Cl)C(C)=Cc2c(-c3ccccc3)cccc21. The molecule has 2 aliphatic carbocycles. The molecule has 0 saturated heterocycles. The van der Waals surface area contributed by atoms with Crippen molar-refractivity contribution in [1.82, 2.24) is 0 Å². The van der Waals surface area contributed by atoms with E-state index in [1.54, 1.807) is 0 Å². The van der Waals surface area contributed by atoms with Gasteiger partial charge in [-0.2, -0.15) is 0 Å². The van der Waals surface area contributed by atoms with Gasteiger partial charge < -0.3 is 0 Å². The maximum absolute atomic E-state index is 7.88. The molecule has 0 heterocycles. The molecular formula is C35H30Cl2. The average Bonchev–Trinajstić information content (AvgIpc) is 3.35. The van der Waals surface area contributed by atoms with Crippen LogP contribution >= 0.6 is 23.2 Å². The molecule has 2 atom stereocenters. The van der Waals surface area contributed by atoms with Crippen molar-refractivity contribution in [3.05, 3.63) is 130 Å². The summed E-state index contributed by atoms with van der Waals surface area (Å²) < 4.78 is 0. The van der Waals surface area contributed by atoms with Crippen molar-refractivity contribution in [2.24, 2.45) is 5.41 Å². The molecule has 0 spiro atoms. The Morgan fingerprint density at radius 3 is 1.27 bits per heavy atom. The summed E-state index contributed by atoms with van der Waals surface area (Å²) in [6, 6.07) is 34.1. The lowest BCUT2D eigenvalue weighted by atomic mass is 9.61. The first-order valence-electron chi connectivity index (χ1n) is 12.8. The third-order valence-corrected chi connectivity index (χ3v) is 10.6. The summed E-state index contributed by atoms with van der Waals surface area (Å²) >= 11 is 15.8. The molecule has 0 radical (unpaired) electrons. The minimum Gasteiger partial charge on any atom is -0.108 e. The molecule has 0 fully saturated rings. The fraction of sp³-hybridized carbons (Fsp3) is 0.200. The number of hydrogen-bond donors (Lipinski definition) is 0. The third kappa shape index (κ3) is 3.22. The molecule has 4 aromatic rings. The van der Waals surface area contributed by atoms with Crippen LogP contribution in [-0.2, 0) is 9.75 Å². The highest BCUT2D eigenvalue weighted by Gasteiger charge is 2.62. The number of allylic oxidation sites excluding steroid dienone is 2. The summed E-state index contributed by atoms with van der Waals surface area (Å²) in [6.45, 7) is 8.77. The Balaban J connectivity index is 1.54. The monoisotopic (exact) mass is 520 g/mol. The van der Waals surface area contributed by atoms with Gasteiger partial charge in [-0.1, -0.05) is 123 Å². The molecule has 37 heavy (non-hydrogen) atoms. The van der Waals surface area contributed by atoms with Crippen LogP contribution in [0.15, 0.2) is 108 Å². The lowest BCUT2D eigenvalue weighted by Gasteiger charge is -2.51. The number of alkyl halides is 2. The second-order valence-electron chi connectivity index (χ2n) is 10.9. The zero-order chi connectivity index (χ0) is 26.0. The number of hydrogen-bond acceptors (Lipinski definition) is 0. The van der Waals surface area contributed by atoms with Gasteiger partial charge in [0.2, 0.25) is 0 Å². The van der Waals surface area contributed by atoms with Gasteiger partial charge in [0.15, 0.2) is 0 Å². The molecular weight excluding hydrogens is 491 g/mol. The van der Waals surface area contributed by atoms with Crippen molar-refractivity contribution in [3.8, 4) is 22.3 Å². The lowest BCUT2D eigenvalue weighted by molar-refractivity contribution is 0.212. The van der Waals surface area contributed by atoms with Gasteiger partial charge in [0.1, 0.15) is 0 Å². The van der Waals surface area contributed by atoms with Crippen LogP contribution in [0, 0.1) is 5.41 Å². The Morgan fingerprint density at radius 2 is 0.892 bits per heavy atom. The van der Waals surface area contributed by atoms with E-state index in [0.717, 1.165) is 22.3 Å². The van der Waals surface area contributed by atoms with E-state index in [-0.39, 0.29) is 0 Å². The molecule has 4 aromatic carbocycles. The Bertz CT molecular complexity index is 1460. The zero-order valence-electron chi connectivity index (χ0n) is 21.6. The van der Waals surface area contributed by atoms with Gasteiger partial charge in [-0.3, -0.25) is 0 Å². The van der Waals surface area contributed by atoms with E-state index >= 15 is 0 Å². The highest BCUT2D eigenvalue weighted by molar-refractivity contribution is 6.32. The average molecular weight is 522 g/mol. The molecule has 0 saturated carbocycles. The van der Waals surface area contributed by atoms with E-state index in [1.807, 2.05) is 0 Å². The molecule has 0 bridgehead atoms. The van der Waals surface area contributed by atoms with Crippen molar-refractivity contribution in [1.29, 1.82) is 0 Å². The van der Waals surface area contributed by atoms with Gasteiger partial charge in [-0.15, -0.1) is 23.2 Å². The first-order valence-corrected chi connectivity index (χ1v) is 13.6. The van der Waals surface area contributed by atoms with Gasteiger partial charge in [0.25, 0.3) is 0 Å². The summed E-state index contributed by atoms with van der Waals surface area (Å²) in [5, 5.41) is 0. The van der Waals surface area contributed by atoms with E-state index in [9.17, 15) is 0 Å². The second-order valence-corrected chi connectivity index (χ2v) is 12.0. The smallest absolute Gasteiger partial charge is 0.0984 e. The predicted octanol–water partition coefficient (Wildman–Crippen LogP) is 10.4. The first kappa shape index (κ1) is 24.3. The molecule has 184 valence electrons.